The Morgan fingerprint density at radius 1 is 1.06 bits per heavy atom. The largest absolute Gasteiger partial charge is 0.493 e. The van der Waals surface area contributed by atoms with E-state index in [0.29, 0.717) is 5.69 Å². The lowest BCUT2D eigenvalue weighted by atomic mass is 10.1. The molecule has 4 rings (SSSR count). The van der Waals surface area contributed by atoms with Crippen LogP contribution in [0.25, 0.3) is 11.4 Å². The maximum absolute atomic E-state index is 13.2. The van der Waals surface area contributed by atoms with Crippen LogP contribution < -0.4 is 19.5 Å². The summed E-state index contributed by atoms with van der Waals surface area (Å²) in [6.07, 6.45) is 4.17. The molecule has 2 aromatic carbocycles. The monoisotopic (exact) mass is 467 g/mol. The number of carbonyl (C=O) groups excluding carboxylic acids is 1. The van der Waals surface area contributed by atoms with Crippen LogP contribution in [0.4, 0.5) is 11.4 Å². The Morgan fingerprint density at radius 2 is 1.85 bits per heavy atom. The van der Waals surface area contributed by atoms with Gasteiger partial charge in [-0.1, -0.05) is 18.6 Å². The quantitative estimate of drug-likeness (QED) is 0.409. The summed E-state index contributed by atoms with van der Waals surface area (Å²) in [6, 6.07) is 8.40. The summed E-state index contributed by atoms with van der Waals surface area (Å²) in [5.41, 5.74) is 0.507. The van der Waals surface area contributed by atoms with Gasteiger partial charge in [0.15, 0.2) is 11.6 Å². The summed E-state index contributed by atoms with van der Waals surface area (Å²) in [6.45, 7) is 0.839. The van der Waals surface area contributed by atoms with Crippen molar-refractivity contribution in [2.75, 3.05) is 26.6 Å². The SMILES string of the molecule is COc1cc(C(=O)Nc2cccc(-c3nnc4n3CCCCC4)c2)c([N+](=O)[O-])c(OC)c1OC. The third-order valence-corrected chi connectivity index (χ3v) is 5.72. The molecule has 1 N–H and O–H groups in total. The van der Waals surface area contributed by atoms with E-state index >= 15 is 0 Å². The fourth-order valence-corrected chi connectivity index (χ4v) is 4.13. The van der Waals surface area contributed by atoms with Crippen LogP contribution in [-0.2, 0) is 13.0 Å². The molecule has 1 aliphatic heterocycles. The third kappa shape index (κ3) is 4.24. The molecule has 0 fully saturated rings. The second-order valence-corrected chi connectivity index (χ2v) is 7.74. The van der Waals surface area contributed by atoms with Crippen molar-refractivity contribution < 1.29 is 23.9 Å². The predicted molar refractivity (Wildman–Crippen MR) is 124 cm³/mol. The zero-order chi connectivity index (χ0) is 24.2. The van der Waals surface area contributed by atoms with Crippen molar-refractivity contribution >= 4 is 17.3 Å². The Balaban J connectivity index is 1.69. The first-order chi connectivity index (χ1) is 16.5. The van der Waals surface area contributed by atoms with Crippen molar-refractivity contribution in [3.8, 4) is 28.6 Å². The average molecular weight is 467 g/mol. The molecule has 0 radical (unpaired) electrons. The number of nitrogens with zero attached hydrogens (tertiary/aromatic N) is 4. The van der Waals surface area contributed by atoms with Crippen molar-refractivity contribution in [2.24, 2.45) is 0 Å². The van der Waals surface area contributed by atoms with Crippen LogP contribution in [0, 0.1) is 10.1 Å². The Kier molecular flexibility index (Phi) is 6.62. The summed E-state index contributed by atoms with van der Waals surface area (Å²) in [5, 5.41) is 23.2. The smallest absolute Gasteiger partial charge is 0.327 e. The van der Waals surface area contributed by atoms with E-state index < -0.39 is 16.5 Å². The molecule has 0 aliphatic carbocycles. The van der Waals surface area contributed by atoms with Gasteiger partial charge in [0.1, 0.15) is 11.4 Å². The minimum absolute atomic E-state index is 0.0303. The molecule has 11 nitrogen and oxygen atoms in total. The van der Waals surface area contributed by atoms with Gasteiger partial charge in [-0.2, -0.15) is 0 Å². The van der Waals surface area contributed by atoms with Crippen molar-refractivity contribution in [3.63, 3.8) is 0 Å². The van der Waals surface area contributed by atoms with Crippen LogP contribution in [0.5, 0.6) is 17.2 Å². The lowest BCUT2D eigenvalue weighted by molar-refractivity contribution is -0.386. The highest BCUT2D eigenvalue weighted by Gasteiger charge is 2.32. The summed E-state index contributed by atoms with van der Waals surface area (Å²) in [4.78, 5) is 24.3. The van der Waals surface area contributed by atoms with Gasteiger partial charge in [0.05, 0.1) is 26.3 Å². The topological polar surface area (TPSA) is 131 Å². The molecule has 2 heterocycles. The number of amides is 1. The number of rotatable bonds is 7. The first-order valence-corrected chi connectivity index (χ1v) is 10.8. The maximum atomic E-state index is 13.2. The van der Waals surface area contributed by atoms with Crippen molar-refractivity contribution in [1.82, 2.24) is 14.8 Å². The molecule has 1 amide bonds. The normalized spacial score (nSPS) is 12.9. The lowest BCUT2D eigenvalue weighted by Crippen LogP contribution is -2.15. The van der Waals surface area contributed by atoms with Crippen molar-refractivity contribution in [3.05, 3.63) is 51.8 Å². The zero-order valence-corrected chi connectivity index (χ0v) is 19.2. The average Bonchev–Trinajstić information content (AvgIpc) is 3.10. The number of nitro groups is 1. The van der Waals surface area contributed by atoms with E-state index in [2.05, 4.69) is 20.1 Å². The molecule has 1 aliphatic rings. The number of aromatic nitrogens is 3. The Hall–Kier alpha value is -4.15. The molecule has 0 spiro atoms. The number of hydrogen-bond donors (Lipinski definition) is 1. The fourth-order valence-electron chi connectivity index (χ4n) is 4.13. The van der Waals surface area contributed by atoms with Crippen LogP contribution >= 0.6 is 0 Å². The number of fused-ring (bicyclic) bond motifs is 1. The molecule has 0 saturated carbocycles. The summed E-state index contributed by atoms with van der Waals surface area (Å²) in [7, 11) is 3.97. The van der Waals surface area contributed by atoms with Crippen LogP contribution in [0.3, 0.4) is 0 Å². The van der Waals surface area contributed by atoms with Crippen molar-refractivity contribution in [1.29, 1.82) is 0 Å². The number of hydrogen-bond acceptors (Lipinski definition) is 8. The van der Waals surface area contributed by atoms with Gasteiger partial charge in [-0.3, -0.25) is 14.9 Å². The second-order valence-electron chi connectivity index (χ2n) is 7.74. The first-order valence-electron chi connectivity index (χ1n) is 10.8. The van der Waals surface area contributed by atoms with E-state index in [-0.39, 0.29) is 22.8 Å². The van der Waals surface area contributed by atoms with Gasteiger partial charge >= 0.3 is 5.69 Å². The van der Waals surface area contributed by atoms with Gasteiger partial charge in [-0.05, 0) is 25.0 Å². The van der Waals surface area contributed by atoms with E-state index in [9.17, 15) is 14.9 Å². The van der Waals surface area contributed by atoms with Gasteiger partial charge < -0.3 is 24.1 Å². The number of methoxy groups -OCH3 is 3. The van der Waals surface area contributed by atoms with E-state index in [0.717, 1.165) is 49.4 Å². The number of benzene rings is 2. The Bertz CT molecular complexity index is 1240. The third-order valence-electron chi connectivity index (χ3n) is 5.72. The summed E-state index contributed by atoms with van der Waals surface area (Å²) in [5.74, 6) is 0.958. The molecule has 0 bridgehead atoms. The van der Waals surface area contributed by atoms with Crippen LogP contribution in [-0.4, -0.2) is 46.9 Å². The fraction of sp³-hybridized carbons (Fsp3) is 0.348. The number of anilines is 1. The number of carbonyl (C=O) groups is 1. The highest BCUT2D eigenvalue weighted by atomic mass is 16.6. The van der Waals surface area contributed by atoms with Gasteiger partial charge in [0.25, 0.3) is 5.91 Å². The lowest BCUT2D eigenvalue weighted by Gasteiger charge is -2.15. The molecule has 0 atom stereocenters. The minimum Gasteiger partial charge on any atom is -0.493 e. The van der Waals surface area contributed by atoms with Crippen LogP contribution in [0.15, 0.2) is 30.3 Å². The zero-order valence-electron chi connectivity index (χ0n) is 19.2. The molecular formula is C23H25N5O6. The highest BCUT2D eigenvalue weighted by Crippen LogP contribution is 2.46. The number of aryl methyl sites for hydroxylation is 1. The molecule has 3 aromatic rings. The van der Waals surface area contributed by atoms with E-state index in [1.165, 1.54) is 27.4 Å². The molecule has 0 unspecified atom stereocenters. The Morgan fingerprint density at radius 3 is 2.56 bits per heavy atom. The van der Waals surface area contributed by atoms with Gasteiger partial charge in [-0.15, -0.1) is 10.2 Å². The van der Waals surface area contributed by atoms with Crippen molar-refractivity contribution in [2.45, 2.75) is 32.2 Å². The predicted octanol–water partition coefficient (Wildman–Crippen LogP) is 3.86. The van der Waals surface area contributed by atoms with Gasteiger partial charge in [0.2, 0.25) is 11.5 Å². The standard InChI is InChI=1S/C23H25N5O6/c1-32-17-13-16(19(28(30)31)21(34-3)20(17)33-2)23(29)24-15-9-7-8-14(12-15)22-26-25-18-10-5-4-6-11-27(18)22/h7-9,12-13H,4-6,10-11H2,1-3H3,(H,24,29). The number of nitro benzene ring substituents is 1. The van der Waals surface area contributed by atoms with E-state index in [1.54, 1.807) is 18.2 Å². The molecule has 34 heavy (non-hydrogen) atoms. The Labute approximate surface area is 195 Å². The summed E-state index contributed by atoms with van der Waals surface area (Å²) >= 11 is 0. The van der Waals surface area contributed by atoms with Crippen LogP contribution in [0.1, 0.15) is 35.4 Å². The van der Waals surface area contributed by atoms with Gasteiger partial charge in [-0.25, -0.2) is 0 Å². The van der Waals surface area contributed by atoms with Crippen LogP contribution in [0.2, 0.25) is 0 Å². The minimum atomic E-state index is -0.692. The van der Waals surface area contributed by atoms with Gasteiger partial charge in [0, 0.05) is 30.3 Å². The number of ether oxygens (including phenoxy) is 3. The first kappa shape index (κ1) is 23.0. The molecule has 1 aromatic heterocycles. The van der Waals surface area contributed by atoms with E-state index in [1.807, 2.05) is 6.07 Å². The highest BCUT2D eigenvalue weighted by molar-refractivity contribution is 6.08. The molecule has 0 saturated heterocycles. The molecular weight excluding hydrogens is 442 g/mol. The number of nitrogens with one attached hydrogen (secondary N) is 1. The second kappa shape index (κ2) is 9.77. The molecule has 11 heteroatoms. The molecule has 178 valence electrons. The maximum Gasteiger partial charge on any atom is 0.327 e. The van der Waals surface area contributed by atoms with E-state index in [4.69, 9.17) is 14.2 Å². The summed E-state index contributed by atoms with van der Waals surface area (Å²) < 4.78 is 17.8.